The fourth-order valence-electron chi connectivity index (χ4n) is 4.94. The van der Waals surface area contributed by atoms with Gasteiger partial charge in [0.25, 0.3) is 11.5 Å². The zero-order valence-corrected chi connectivity index (χ0v) is 24.9. The van der Waals surface area contributed by atoms with Crippen LogP contribution in [0.3, 0.4) is 0 Å². The van der Waals surface area contributed by atoms with Crippen LogP contribution in [-0.4, -0.2) is 50.2 Å². The SMILES string of the molecule is C[C@@H](C(=O)Nc1cn(C2CC(F)(F)C2)c(=O)c2cn[nH]c12)c1cc(-c2ccccc2CN(C)C(=O)OC(C)(C)C)cs1. The van der Waals surface area contributed by atoms with E-state index in [1.165, 1.54) is 33.2 Å². The molecule has 0 aliphatic heterocycles. The van der Waals surface area contributed by atoms with Crippen LogP contribution in [0.1, 0.15) is 62.9 Å². The summed E-state index contributed by atoms with van der Waals surface area (Å²) < 4.78 is 33.8. The van der Waals surface area contributed by atoms with Gasteiger partial charge in [0.05, 0.1) is 28.7 Å². The number of aromatic nitrogens is 3. The first-order valence-corrected chi connectivity index (χ1v) is 14.5. The average molecular weight is 598 g/mol. The molecule has 3 heterocycles. The number of amides is 2. The van der Waals surface area contributed by atoms with Crippen molar-refractivity contribution in [3.05, 3.63) is 68.9 Å². The number of benzene rings is 1. The molecule has 2 amide bonds. The summed E-state index contributed by atoms with van der Waals surface area (Å²) in [5.41, 5.74) is 2.40. The van der Waals surface area contributed by atoms with E-state index in [4.69, 9.17) is 4.74 Å². The van der Waals surface area contributed by atoms with Crippen LogP contribution < -0.4 is 10.9 Å². The maximum absolute atomic E-state index is 13.5. The number of fused-ring (bicyclic) bond motifs is 1. The minimum atomic E-state index is -2.80. The molecule has 1 atom stereocenters. The topological polar surface area (TPSA) is 109 Å². The van der Waals surface area contributed by atoms with Crippen molar-refractivity contribution in [1.82, 2.24) is 19.7 Å². The smallest absolute Gasteiger partial charge is 0.410 e. The van der Waals surface area contributed by atoms with Crippen molar-refractivity contribution in [3.63, 3.8) is 0 Å². The summed E-state index contributed by atoms with van der Waals surface area (Å²) in [5.74, 6) is -3.67. The molecule has 4 aromatic rings. The van der Waals surface area contributed by atoms with Crippen molar-refractivity contribution in [1.29, 1.82) is 0 Å². The lowest BCUT2D eigenvalue weighted by Crippen LogP contribution is -2.41. The molecule has 1 aliphatic carbocycles. The molecule has 1 aliphatic rings. The van der Waals surface area contributed by atoms with Crippen LogP contribution in [0, 0.1) is 0 Å². The average Bonchev–Trinajstić information content (AvgIpc) is 3.58. The lowest BCUT2D eigenvalue weighted by Gasteiger charge is -2.36. The fraction of sp³-hybridized carbons (Fsp3) is 0.400. The summed E-state index contributed by atoms with van der Waals surface area (Å²) in [6.07, 6.45) is 1.50. The van der Waals surface area contributed by atoms with Gasteiger partial charge >= 0.3 is 6.09 Å². The molecule has 2 N–H and O–H groups in total. The number of rotatable bonds is 7. The summed E-state index contributed by atoms with van der Waals surface area (Å²) in [6.45, 7) is 7.58. The van der Waals surface area contributed by atoms with Gasteiger partial charge in [-0.15, -0.1) is 11.3 Å². The predicted molar refractivity (Wildman–Crippen MR) is 158 cm³/mol. The minimum absolute atomic E-state index is 0.224. The van der Waals surface area contributed by atoms with Crippen LogP contribution in [0.25, 0.3) is 22.0 Å². The fourth-order valence-corrected chi connectivity index (χ4v) is 5.90. The zero-order valence-electron chi connectivity index (χ0n) is 24.0. The van der Waals surface area contributed by atoms with Crippen LogP contribution in [0.15, 0.2) is 52.9 Å². The number of aromatic amines is 1. The monoisotopic (exact) mass is 597 g/mol. The van der Waals surface area contributed by atoms with Crippen molar-refractivity contribution in [2.24, 2.45) is 0 Å². The lowest BCUT2D eigenvalue weighted by molar-refractivity contribution is -0.117. The van der Waals surface area contributed by atoms with E-state index in [1.807, 2.05) is 56.5 Å². The van der Waals surface area contributed by atoms with Gasteiger partial charge < -0.3 is 19.5 Å². The summed E-state index contributed by atoms with van der Waals surface area (Å²) in [6, 6.07) is 9.05. The summed E-state index contributed by atoms with van der Waals surface area (Å²) in [5, 5.41) is 11.7. The van der Waals surface area contributed by atoms with E-state index >= 15 is 0 Å². The molecule has 0 radical (unpaired) electrons. The van der Waals surface area contributed by atoms with E-state index in [0.29, 0.717) is 17.7 Å². The third-order valence-corrected chi connectivity index (χ3v) is 8.36. The molecule has 222 valence electrons. The van der Waals surface area contributed by atoms with E-state index in [1.54, 1.807) is 14.0 Å². The molecular formula is C30H33F2N5O4S. The number of hydrogen-bond acceptors (Lipinski definition) is 6. The largest absolute Gasteiger partial charge is 0.444 e. The lowest BCUT2D eigenvalue weighted by atomic mass is 9.88. The number of pyridine rings is 1. The van der Waals surface area contributed by atoms with Crippen LogP contribution in [0.4, 0.5) is 19.3 Å². The molecular weight excluding hydrogens is 564 g/mol. The highest BCUT2D eigenvalue weighted by Crippen LogP contribution is 2.45. The molecule has 5 rings (SSSR count). The number of hydrogen-bond donors (Lipinski definition) is 2. The van der Waals surface area contributed by atoms with Gasteiger partial charge in [-0.25, -0.2) is 13.6 Å². The quantitative estimate of drug-likeness (QED) is 0.252. The van der Waals surface area contributed by atoms with E-state index in [9.17, 15) is 23.2 Å². The van der Waals surface area contributed by atoms with E-state index < -0.39 is 48.0 Å². The molecule has 1 fully saturated rings. The summed E-state index contributed by atoms with van der Waals surface area (Å²) in [4.78, 5) is 41.1. The Morgan fingerprint density at radius 3 is 2.69 bits per heavy atom. The molecule has 3 aromatic heterocycles. The highest BCUT2D eigenvalue weighted by molar-refractivity contribution is 7.10. The maximum Gasteiger partial charge on any atom is 0.410 e. The maximum atomic E-state index is 13.5. The Balaban J connectivity index is 1.34. The first-order valence-electron chi connectivity index (χ1n) is 13.6. The van der Waals surface area contributed by atoms with Crippen LogP contribution in [0.5, 0.6) is 0 Å². The molecule has 0 unspecified atom stereocenters. The number of carbonyl (C=O) groups excluding carboxylic acids is 2. The van der Waals surface area contributed by atoms with Gasteiger partial charge in [0.15, 0.2) is 0 Å². The molecule has 9 nitrogen and oxygen atoms in total. The molecule has 1 saturated carbocycles. The van der Waals surface area contributed by atoms with Crippen molar-refractivity contribution in [3.8, 4) is 11.1 Å². The Morgan fingerprint density at radius 2 is 2.00 bits per heavy atom. The number of anilines is 1. The highest BCUT2D eigenvalue weighted by atomic mass is 32.1. The van der Waals surface area contributed by atoms with Crippen LogP contribution in [0.2, 0.25) is 0 Å². The van der Waals surface area contributed by atoms with Crippen molar-refractivity contribution >= 4 is 39.9 Å². The first-order chi connectivity index (χ1) is 19.7. The number of nitrogens with zero attached hydrogens (tertiary/aromatic N) is 3. The van der Waals surface area contributed by atoms with Crippen molar-refractivity contribution < 1.29 is 23.1 Å². The van der Waals surface area contributed by atoms with Gasteiger partial charge in [-0.3, -0.25) is 14.7 Å². The number of alkyl halides is 2. The highest BCUT2D eigenvalue weighted by Gasteiger charge is 2.46. The molecule has 0 spiro atoms. The Morgan fingerprint density at radius 1 is 1.29 bits per heavy atom. The minimum Gasteiger partial charge on any atom is -0.444 e. The third kappa shape index (κ3) is 6.08. The first kappa shape index (κ1) is 29.4. The van der Waals surface area contributed by atoms with Gasteiger partial charge in [0.2, 0.25) is 5.91 Å². The third-order valence-electron chi connectivity index (χ3n) is 7.24. The van der Waals surface area contributed by atoms with E-state index in [0.717, 1.165) is 21.6 Å². The van der Waals surface area contributed by atoms with E-state index in [2.05, 4.69) is 15.5 Å². The van der Waals surface area contributed by atoms with Gasteiger partial charge in [-0.2, -0.15) is 5.10 Å². The number of halogens is 2. The van der Waals surface area contributed by atoms with Gasteiger partial charge in [-0.05, 0) is 55.8 Å². The molecule has 0 saturated heterocycles. The van der Waals surface area contributed by atoms with Crippen LogP contribution >= 0.6 is 11.3 Å². The number of carbonyl (C=O) groups is 2. The van der Waals surface area contributed by atoms with Gasteiger partial charge in [0, 0.05) is 43.5 Å². The zero-order chi connectivity index (χ0) is 30.4. The molecule has 12 heteroatoms. The van der Waals surface area contributed by atoms with Gasteiger partial charge in [0.1, 0.15) is 5.60 Å². The number of nitrogens with one attached hydrogen (secondary N) is 2. The molecule has 1 aromatic carbocycles. The molecule has 0 bridgehead atoms. The van der Waals surface area contributed by atoms with Crippen molar-refractivity contribution in [2.45, 2.75) is 70.6 Å². The Labute approximate surface area is 245 Å². The van der Waals surface area contributed by atoms with Crippen molar-refractivity contribution in [2.75, 3.05) is 12.4 Å². The Kier molecular flexibility index (Phi) is 7.69. The predicted octanol–water partition coefficient (Wildman–Crippen LogP) is 6.53. The molecule has 42 heavy (non-hydrogen) atoms. The normalized spacial score (nSPS) is 15.7. The summed E-state index contributed by atoms with van der Waals surface area (Å²) in [7, 11) is 1.69. The number of H-pyrrole nitrogens is 1. The van der Waals surface area contributed by atoms with Crippen LogP contribution in [-0.2, 0) is 16.1 Å². The Hall–Kier alpha value is -4.06. The second kappa shape index (κ2) is 11.0. The van der Waals surface area contributed by atoms with Gasteiger partial charge in [-0.1, -0.05) is 24.3 Å². The second-order valence-electron chi connectivity index (χ2n) is 11.8. The number of ether oxygens (including phenoxy) is 1. The van der Waals surface area contributed by atoms with E-state index in [-0.39, 0.29) is 11.3 Å². The second-order valence-corrected chi connectivity index (χ2v) is 12.7. The number of thiophene rings is 1. The standard InChI is InChI=1S/C30H33F2N5O4S/c1-17(26(38)34-23-15-37(20-11-30(31,32)12-20)27(39)22-13-33-35-25(22)23)24-10-19(16-42-24)21-9-7-6-8-18(21)14-36(5)28(40)41-29(2,3)4/h6-10,13,15-17,20H,11-12,14H2,1-5H3,(H,33,35)(H,34,38)/t17-/m1/s1. The summed E-state index contributed by atoms with van der Waals surface area (Å²) >= 11 is 1.44. The Bertz CT molecular complexity index is 1700.